The number of carbonyl (C=O) groups is 3. The molecule has 0 heterocycles. The molecular weight excluding hydrogens is 346 g/mol. The molecule has 1 aliphatic rings. The maximum atomic E-state index is 12.2. The van der Waals surface area contributed by atoms with Crippen molar-refractivity contribution >= 4 is 17.7 Å². The predicted molar refractivity (Wildman–Crippen MR) is 98.1 cm³/mol. The second-order valence-electron chi connectivity index (χ2n) is 6.59. The summed E-state index contributed by atoms with van der Waals surface area (Å²) in [5, 5.41) is 11.7. The standard InChI is InChI=1S/C21H21NO5/c23-19(21(25)26)18(22-20(24)15-8-4-9-15)16-10-5-11-17(12-16)27-13-14-6-2-1-3-7-14/h1-3,5-7,10-12,15,18H,4,8-9,13H2,(H,22,24)(H,25,26). The summed E-state index contributed by atoms with van der Waals surface area (Å²) in [6.07, 6.45) is 2.50. The molecule has 2 N–H and O–H groups in total. The number of ether oxygens (including phenoxy) is 1. The van der Waals surface area contributed by atoms with Crippen molar-refractivity contribution in [2.75, 3.05) is 0 Å². The van der Waals surface area contributed by atoms with E-state index < -0.39 is 17.8 Å². The number of carboxylic acid groups (broad SMARTS) is 1. The topological polar surface area (TPSA) is 92.7 Å². The fourth-order valence-corrected chi connectivity index (χ4v) is 2.88. The summed E-state index contributed by atoms with van der Waals surface area (Å²) >= 11 is 0. The molecule has 1 atom stereocenters. The summed E-state index contributed by atoms with van der Waals surface area (Å²) in [6, 6.07) is 15.0. The first-order valence-corrected chi connectivity index (χ1v) is 8.89. The minimum atomic E-state index is -1.58. The summed E-state index contributed by atoms with van der Waals surface area (Å²) in [7, 11) is 0. The van der Waals surface area contributed by atoms with E-state index in [2.05, 4.69) is 5.32 Å². The average Bonchev–Trinajstić information content (AvgIpc) is 2.63. The van der Waals surface area contributed by atoms with E-state index in [9.17, 15) is 14.4 Å². The fraction of sp³-hybridized carbons (Fsp3) is 0.286. The number of hydrogen-bond acceptors (Lipinski definition) is 4. The van der Waals surface area contributed by atoms with Crippen molar-refractivity contribution in [1.82, 2.24) is 5.32 Å². The molecule has 0 spiro atoms. The quantitative estimate of drug-likeness (QED) is 0.700. The van der Waals surface area contributed by atoms with E-state index in [1.807, 2.05) is 30.3 Å². The van der Waals surface area contributed by atoms with Gasteiger partial charge in [0.15, 0.2) is 0 Å². The summed E-state index contributed by atoms with van der Waals surface area (Å²) in [4.78, 5) is 35.6. The van der Waals surface area contributed by atoms with Crippen molar-refractivity contribution in [1.29, 1.82) is 0 Å². The third-order valence-electron chi connectivity index (χ3n) is 4.68. The lowest BCUT2D eigenvalue weighted by Crippen LogP contribution is -2.41. The van der Waals surface area contributed by atoms with Gasteiger partial charge < -0.3 is 15.2 Å². The molecule has 1 aliphatic carbocycles. The van der Waals surface area contributed by atoms with Gasteiger partial charge in [0, 0.05) is 5.92 Å². The molecule has 0 bridgehead atoms. The Morgan fingerprint density at radius 3 is 2.44 bits per heavy atom. The Balaban J connectivity index is 1.75. The minimum absolute atomic E-state index is 0.147. The van der Waals surface area contributed by atoms with E-state index in [0.29, 0.717) is 17.9 Å². The minimum Gasteiger partial charge on any atom is -0.489 e. The number of nitrogens with one attached hydrogen (secondary N) is 1. The van der Waals surface area contributed by atoms with Gasteiger partial charge in [-0.1, -0.05) is 48.9 Å². The molecule has 1 amide bonds. The zero-order chi connectivity index (χ0) is 19.2. The normalized spacial score (nSPS) is 14.7. The molecule has 3 rings (SSSR count). The second-order valence-corrected chi connectivity index (χ2v) is 6.59. The predicted octanol–water partition coefficient (Wildman–Crippen LogP) is 2.88. The monoisotopic (exact) mass is 367 g/mol. The first-order chi connectivity index (χ1) is 13.0. The van der Waals surface area contributed by atoms with Crippen molar-refractivity contribution in [2.45, 2.75) is 31.9 Å². The number of rotatable bonds is 8. The van der Waals surface area contributed by atoms with Gasteiger partial charge in [-0.05, 0) is 36.1 Å². The number of ketones is 1. The molecule has 0 saturated heterocycles. The molecular formula is C21H21NO5. The van der Waals surface area contributed by atoms with Gasteiger partial charge in [0.05, 0.1) is 0 Å². The van der Waals surface area contributed by atoms with Crippen LogP contribution in [-0.2, 0) is 21.0 Å². The Kier molecular flexibility index (Phi) is 5.86. The molecule has 1 fully saturated rings. The third-order valence-corrected chi connectivity index (χ3v) is 4.68. The van der Waals surface area contributed by atoms with Gasteiger partial charge in [-0.2, -0.15) is 0 Å². The lowest BCUT2D eigenvalue weighted by atomic mass is 9.84. The lowest BCUT2D eigenvalue weighted by molar-refractivity contribution is -0.150. The van der Waals surface area contributed by atoms with Gasteiger partial charge in [0.25, 0.3) is 5.78 Å². The Hall–Kier alpha value is -3.15. The van der Waals surface area contributed by atoms with Gasteiger partial charge in [-0.25, -0.2) is 4.79 Å². The number of Topliss-reactive ketones (excluding diaryl/α,β-unsaturated/α-hetero) is 1. The van der Waals surface area contributed by atoms with Gasteiger partial charge in [-0.15, -0.1) is 0 Å². The molecule has 2 aromatic rings. The van der Waals surface area contributed by atoms with Crippen molar-refractivity contribution in [2.24, 2.45) is 5.92 Å². The van der Waals surface area contributed by atoms with Crippen LogP contribution in [0.2, 0.25) is 0 Å². The van der Waals surface area contributed by atoms with Crippen molar-refractivity contribution in [3.8, 4) is 5.75 Å². The number of carbonyl (C=O) groups excluding carboxylic acids is 2. The van der Waals surface area contributed by atoms with Crippen LogP contribution in [0.1, 0.15) is 36.4 Å². The highest BCUT2D eigenvalue weighted by Gasteiger charge is 2.32. The van der Waals surface area contributed by atoms with Crippen molar-refractivity contribution in [3.05, 3.63) is 65.7 Å². The van der Waals surface area contributed by atoms with Crippen LogP contribution in [0.3, 0.4) is 0 Å². The highest BCUT2D eigenvalue weighted by Crippen LogP contribution is 2.28. The molecule has 6 nitrogen and oxygen atoms in total. The van der Waals surface area contributed by atoms with Crippen LogP contribution in [0.5, 0.6) is 5.75 Å². The summed E-state index contributed by atoms with van der Waals surface area (Å²) in [5.41, 5.74) is 1.37. The zero-order valence-corrected chi connectivity index (χ0v) is 14.8. The van der Waals surface area contributed by atoms with Gasteiger partial charge in [0.1, 0.15) is 18.4 Å². The Bertz CT molecular complexity index is 829. The van der Waals surface area contributed by atoms with E-state index in [4.69, 9.17) is 9.84 Å². The molecule has 6 heteroatoms. The van der Waals surface area contributed by atoms with Crippen LogP contribution in [0.4, 0.5) is 0 Å². The first kappa shape index (κ1) is 18.6. The lowest BCUT2D eigenvalue weighted by Gasteiger charge is -2.26. The zero-order valence-electron chi connectivity index (χ0n) is 14.8. The number of hydrogen-bond donors (Lipinski definition) is 2. The van der Waals surface area contributed by atoms with E-state index in [0.717, 1.165) is 24.8 Å². The molecule has 0 aromatic heterocycles. The van der Waals surface area contributed by atoms with Gasteiger partial charge in [0.2, 0.25) is 5.91 Å². The highest BCUT2D eigenvalue weighted by molar-refractivity contribution is 6.35. The van der Waals surface area contributed by atoms with Gasteiger partial charge >= 0.3 is 5.97 Å². The highest BCUT2D eigenvalue weighted by atomic mass is 16.5. The van der Waals surface area contributed by atoms with Crippen LogP contribution in [-0.4, -0.2) is 22.8 Å². The fourth-order valence-electron chi connectivity index (χ4n) is 2.88. The number of amides is 1. The van der Waals surface area contributed by atoms with Crippen molar-refractivity contribution in [3.63, 3.8) is 0 Å². The summed E-state index contributed by atoms with van der Waals surface area (Å²) in [5.74, 6) is -2.58. The van der Waals surface area contributed by atoms with Crippen LogP contribution in [0.25, 0.3) is 0 Å². The van der Waals surface area contributed by atoms with Gasteiger partial charge in [-0.3, -0.25) is 9.59 Å². The number of benzene rings is 2. The largest absolute Gasteiger partial charge is 0.489 e. The van der Waals surface area contributed by atoms with E-state index in [-0.39, 0.29) is 11.8 Å². The third kappa shape index (κ3) is 4.73. The molecule has 1 saturated carbocycles. The van der Waals surface area contributed by atoms with Crippen LogP contribution in [0, 0.1) is 5.92 Å². The maximum Gasteiger partial charge on any atom is 0.374 e. The van der Waals surface area contributed by atoms with Crippen molar-refractivity contribution < 1.29 is 24.2 Å². The van der Waals surface area contributed by atoms with Crippen LogP contribution < -0.4 is 10.1 Å². The SMILES string of the molecule is O=C(O)C(=O)C(NC(=O)C1CCC1)c1cccc(OCc2ccccc2)c1. The summed E-state index contributed by atoms with van der Waals surface area (Å²) in [6.45, 7) is 0.344. The average molecular weight is 367 g/mol. The molecule has 27 heavy (non-hydrogen) atoms. The van der Waals surface area contributed by atoms with E-state index >= 15 is 0 Å². The first-order valence-electron chi connectivity index (χ1n) is 8.89. The Morgan fingerprint density at radius 2 is 1.81 bits per heavy atom. The molecule has 1 unspecified atom stereocenters. The Labute approximate surface area is 157 Å². The smallest absolute Gasteiger partial charge is 0.374 e. The van der Waals surface area contributed by atoms with E-state index in [1.165, 1.54) is 0 Å². The Morgan fingerprint density at radius 1 is 1.07 bits per heavy atom. The maximum absolute atomic E-state index is 12.2. The second kappa shape index (κ2) is 8.49. The molecule has 140 valence electrons. The molecule has 0 aliphatic heterocycles. The number of carboxylic acids is 1. The van der Waals surface area contributed by atoms with Crippen LogP contribution in [0.15, 0.2) is 54.6 Å². The molecule has 2 aromatic carbocycles. The summed E-state index contributed by atoms with van der Waals surface area (Å²) < 4.78 is 5.74. The number of aliphatic carboxylic acids is 1. The van der Waals surface area contributed by atoms with E-state index in [1.54, 1.807) is 24.3 Å². The van der Waals surface area contributed by atoms with Crippen LogP contribution >= 0.6 is 0 Å². The molecule has 0 radical (unpaired) electrons.